The van der Waals surface area contributed by atoms with Gasteiger partial charge in [-0.3, -0.25) is 4.79 Å². The van der Waals surface area contributed by atoms with E-state index in [4.69, 9.17) is 9.84 Å². The molecule has 1 fully saturated rings. The van der Waals surface area contributed by atoms with Crippen molar-refractivity contribution in [2.45, 2.75) is 12.5 Å². The fraction of sp³-hybridized carbons (Fsp3) is 0.333. The fourth-order valence-corrected chi connectivity index (χ4v) is 2.60. The van der Waals surface area contributed by atoms with E-state index >= 15 is 0 Å². The van der Waals surface area contributed by atoms with Crippen LogP contribution in [0.2, 0.25) is 0 Å². The summed E-state index contributed by atoms with van der Waals surface area (Å²) in [6, 6.07) is 4.35. The highest BCUT2D eigenvalue weighted by Crippen LogP contribution is 2.20. The number of aliphatic carboxylic acids is 1. The molecule has 22 heavy (non-hydrogen) atoms. The van der Waals surface area contributed by atoms with Gasteiger partial charge in [-0.2, -0.15) is 0 Å². The second-order valence-corrected chi connectivity index (χ2v) is 5.22. The molecular formula is C15H15FN2O4. The lowest BCUT2D eigenvalue weighted by Crippen LogP contribution is -2.49. The lowest BCUT2D eigenvalue weighted by atomic mass is 10.1. The number of carboxylic acid groups (broad SMARTS) is 1. The Bertz CT molecular complexity index is 727. The van der Waals surface area contributed by atoms with Crippen LogP contribution in [0.15, 0.2) is 24.4 Å². The van der Waals surface area contributed by atoms with Gasteiger partial charge in [0.15, 0.2) is 6.10 Å². The van der Waals surface area contributed by atoms with Crippen LogP contribution < -0.4 is 0 Å². The molecule has 6 nitrogen and oxygen atoms in total. The Balaban J connectivity index is 1.75. The number of fused-ring (bicyclic) bond motifs is 1. The third kappa shape index (κ3) is 2.80. The molecule has 0 aliphatic carbocycles. The normalized spacial score (nSPS) is 18.6. The molecule has 1 aromatic heterocycles. The molecule has 0 bridgehead atoms. The highest BCUT2D eigenvalue weighted by molar-refractivity contribution is 5.89. The number of aromatic nitrogens is 1. The summed E-state index contributed by atoms with van der Waals surface area (Å²) in [5.74, 6) is -1.63. The van der Waals surface area contributed by atoms with Crippen molar-refractivity contribution in [3.05, 3.63) is 35.8 Å². The van der Waals surface area contributed by atoms with Gasteiger partial charge in [0.25, 0.3) is 0 Å². The van der Waals surface area contributed by atoms with Crippen molar-refractivity contribution in [3.8, 4) is 0 Å². The van der Waals surface area contributed by atoms with Crippen molar-refractivity contribution in [3.63, 3.8) is 0 Å². The lowest BCUT2D eigenvalue weighted by molar-refractivity contribution is -0.159. The quantitative estimate of drug-likeness (QED) is 0.891. The summed E-state index contributed by atoms with van der Waals surface area (Å²) >= 11 is 0. The summed E-state index contributed by atoms with van der Waals surface area (Å²) in [7, 11) is 0. The van der Waals surface area contributed by atoms with Gasteiger partial charge in [0, 0.05) is 23.6 Å². The molecule has 0 saturated carbocycles. The zero-order valence-corrected chi connectivity index (χ0v) is 11.7. The van der Waals surface area contributed by atoms with Crippen molar-refractivity contribution in [1.82, 2.24) is 9.88 Å². The molecule has 2 N–H and O–H groups in total. The van der Waals surface area contributed by atoms with Crippen LogP contribution in [0.3, 0.4) is 0 Å². The number of aromatic amines is 1. The molecule has 1 amide bonds. The fourth-order valence-electron chi connectivity index (χ4n) is 2.60. The number of ether oxygens (including phenoxy) is 1. The van der Waals surface area contributed by atoms with E-state index in [1.54, 1.807) is 12.3 Å². The average Bonchev–Trinajstić information content (AvgIpc) is 2.89. The maximum Gasteiger partial charge on any atom is 0.334 e. The monoisotopic (exact) mass is 306 g/mol. The van der Waals surface area contributed by atoms with Crippen LogP contribution >= 0.6 is 0 Å². The number of amides is 1. The van der Waals surface area contributed by atoms with Crippen LogP contribution in [0.5, 0.6) is 0 Å². The van der Waals surface area contributed by atoms with Gasteiger partial charge in [0.2, 0.25) is 5.91 Å². The van der Waals surface area contributed by atoms with E-state index < -0.39 is 12.1 Å². The van der Waals surface area contributed by atoms with Gasteiger partial charge in [-0.15, -0.1) is 0 Å². The molecule has 1 unspecified atom stereocenters. The van der Waals surface area contributed by atoms with Crippen molar-refractivity contribution in [2.75, 3.05) is 19.7 Å². The maximum atomic E-state index is 13.3. The molecule has 0 radical (unpaired) electrons. The minimum Gasteiger partial charge on any atom is -0.479 e. The summed E-state index contributed by atoms with van der Waals surface area (Å²) < 4.78 is 18.4. The van der Waals surface area contributed by atoms with E-state index in [9.17, 15) is 14.0 Å². The van der Waals surface area contributed by atoms with E-state index in [-0.39, 0.29) is 31.3 Å². The minimum atomic E-state index is -1.08. The van der Waals surface area contributed by atoms with Crippen LogP contribution in [0, 0.1) is 5.82 Å². The Kier molecular flexibility index (Phi) is 3.81. The summed E-state index contributed by atoms with van der Waals surface area (Å²) in [4.78, 5) is 27.7. The Hall–Kier alpha value is -2.41. The number of hydrogen-bond donors (Lipinski definition) is 2. The Labute approximate surface area is 125 Å². The highest BCUT2D eigenvalue weighted by Gasteiger charge is 2.29. The number of carboxylic acids is 1. The first kappa shape index (κ1) is 14.5. The zero-order valence-electron chi connectivity index (χ0n) is 11.7. The van der Waals surface area contributed by atoms with Gasteiger partial charge in [0.1, 0.15) is 5.82 Å². The molecular weight excluding hydrogens is 291 g/mol. The standard InChI is InChI=1S/C15H15FN2O4/c16-10-1-2-12-11(6-10)9(7-17-12)5-14(19)18-3-4-22-13(8-18)15(20)21/h1-2,6-7,13,17H,3-5,8H2,(H,20,21). The number of nitrogens with zero attached hydrogens (tertiary/aromatic N) is 1. The maximum absolute atomic E-state index is 13.3. The number of morpholine rings is 1. The molecule has 3 rings (SSSR count). The second-order valence-electron chi connectivity index (χ2n) is 5.22. The third-order valence-electron chi connectivity index (χ3n) is 3.77. The molecule has 1 aliphatic rings. The van der Waals surface area contributed by atoms with E-state index in [1.807, 2.05) is 0 Å². The number of halogens is 1. The molecule has 2 aromatic rings. The number of hydrogen-bond acceptors (Lipinski definition) is 3. The first-order valence-electron chi connectivity index (χ1n) is 6.92. The van der Waals surface area contributed by atoms with Gasteiger partial charge in [-0.25, -0.2) is 9.18 Å². The topological polar surface area (TPSA) is 82.6 Å². The molecule has 1 saturated heterocycles. The Morgan fingerprint density at radius 2 is 2.27 bits per heavy atom. The number of H-pyrrole nitrogens is 1. The van der Waals surface area contributed by atoms with Gasteiger partial charge in [0.05, 0.1) is 19.6 Å². The number of nitrogens with one attached hydrogen (secondary N) is 1. The first-order valence-corrected chi connectivity index (χ1v) is 6.92. The third-order valence-corrected chi connectivity index (χ3v) is 3.77. The number of carbonyl (C=O) groups excluding carboxylic acids is 1. The van der Waals surface area contributed by atoms with E-state index in [2.05, 4.69) is 4.98 Å². The van der Waals surface area contributed by atoms with Crippen molar-refractivity contribution >= 4 is 22.8 Å². The predicted molar refractivity (Wildman–Crippen MR) is 75.9 cm³/mol. The Morgan fingerprint density at radius 3 is 3.05 bits per heavy atom. The largest absolute Gasteiger partial charge is 0.479 e. The van der Waals surface area contributed by atoms with E-state index in [1.165, 1.54) is 17.0 Å². The summed E-state index contributed by atoms with van der Waals surface area (Å²) in [6.07, 6.45) is 0.783. The summed E-state index contributed by atoms with van der Waals surface area (Å²) in [6.45, 7) is 0.593. The minimum absolute atomic E-state index is 0.0326. The van der Waals surface area contributed by atoms with Crippen molar-refractivity contribution < 1.29 is 23.8 Å². The number of rotatable bonds is 3. The summed E-state index contributed by atoms with van der Waals surface area (Å²) in [5, 5.41) is 9.62. The SMILES string of the molecule is O=C(O)C1CN(C(=O)Cc2c[nH]c3ccc(F)cc23)CCO1. The van der Waals surface area contributed by atoms with Crippen LogP contribution in [0.1, 0.15) is 5.56 Å². The van der Waals surface area contributed by atoms with Crippen molar-refractivity contribution in [2.24, 2.45) is 0 Å². The lowest BCUT2D eigenvalue weighted by Gasteiger charge is -2.30. The number of benzene rings is 1. The van der Waals surface area contributed by atoms with Crippen LogP contribution in [0.4, 0.5) is 4.39 Å². The second kappa shape index (κ2) is 5.76. The molecule has 116 valence electrons. The molecule has 1 atom stereocenters. The highest BCUT2D eigenvalue weighted by atomic mass is 19.1. The molecule has 7 heteroatoms. The number of carbonyl (C=O) groups is 2. The van der Waals surface area contributed by atoms with Gasteiger partial charge >= 0.3 is 5.97 Å². The predicted octanol–water partition coefficient (Wildman–Crippen LogP) is 1.16. The van der Waals surface area contributed by atoms with Gasteiger partial charge in [-0.05, 0) is 23.8 Å². The van der Waals surface area contributed by atoms with Crippen LogP contribution in [-0.2, 0) is 20.7 Å². The molecule has 1 aromatic carbocycles. The summed E-state index contributed by atoms with van der Waals surface area (Å²) in [5.41, 5.74) is 1.45. The van der Waals surface area contributed by atoms with Gasteiger partial charge < -0.3 is 19.7 Å². The van der Waals surface area contributed by atoms with Crippen LogP contribution in [-0.4, -0.2) is 52.7 Å². The van der Waals surface area contributed by atoms with E-state index in [0.29, 0.717) is 17.5 Å². The van der Waals surface area contributed by atoms with E-state index in [0.717, 1.165) is 5.52 Å². The molecule has 0 spiro atoms. The Morgan fingerprint density at radius 1 is 1.45 bits per heavy atom. The van der Waals surface area contributed by atoms with Crippen LogP contribution in [0.25, 0.3) is 10.9 Å². The average molecular weight is 306 g/mol. The molecule has 2 heterocycles. The molecule has 1 aliphatic heterocycles. The van der Waals surface area contributed by atoms with Crippen molar-refractivity contribution in [1.29, 1.82) is 0 Å². The first-order chi connectivity index (χ1) is 10.5. The zero-order chi connectivity index (χ0) is 15.7. The smallest absolute Gasteiger partial charge is 0.334 e. The van der Waals surface area contributed by atoms with Gasteiger partial charge in [-0.1, -0.05) is 0 Å².